The molecule has 1 N–H and O–H groups in total. The molecule has 0 bridgehead atoms. The number of phenolic OH excluding ortho intramolecular Hbond substituents is 1. The Morgan fingerprint density at radius 3 is 2.73 bits per heavy atom. The minimum atomic E-state index is -0.642. The van der Waals surface area contributed by atoms with E-state index in [1.807, 2.05) is 6.92 Å². The average molecular weight is 305 g/mol. The van der Waals surface area contributed by atoms with Crippen LogP contribution in [0.5, 0.6) is 11.5 Å². The Kier molecular flexibility index (Phi) is 5.09. The molecule has 0 radical (unpaired) electrons. The van der Waals surface area contributed by atoms with Gasteiger partial charge in [-0.3, -0.25) is 4.99 Å². The number of ether oxygens (including phenoxy) is 1. The molecule has 0 heterocycles. The van der Waals surface area contributed by atoms with Crippen molar-refractivity contribution in [1.29, 1.82) is 0 Å². The van der Waals surface area contributed by atoms with Crippen LogP contribution in [-0.4, -0.2) is 17.9 Å². The number of aliphatic imine (C=N–C) groups is 1. The SMILES string of the molecule is CCOc1cccc(C=N[C@@H](C)c2ccc(F)cc2F)c1O. The molecule has 0 saturated heterocycles. The third kappa shape index (κ3) is 3.61. The monoisotopic (exact) mass is 305 g/mol. The molecule has 0 saturated carbocycles. The predicted octanol–water partition coefficient (Wildman–Crippen LogP) is 4.25. The molecule has 22 heavy (non-hydrogen) atoms. The molecule has 0 fully saturated rings. The summed E-state index contributed by atoms with van der Waals surface area (Å²) < 4.78 is 31.9. The Morgan fingerprint density at radius 2 is 2.05 bits per heavy atom. The summed E-state index contributed by atoms with van der Waals surface area (Å²) in [7, 11) is 0. The lowest BCUT2D eigenvalue weighted by molar-refractivity contribution is 0.318. The topological polar surface area (TPSA) is 41.8 Å². The smallest absolute Gasteiger partial charge is 0.166 e. The van der Waals surface area contributed by atoms with E-state index in [0.717, 1.165) is 6.07 Å². The fourth-order valence-electron chi connectivity index (χ4n) is 2.03. The number of halogens is 2. The molecule has 0 amide bonds. The maximum Gasteiger partial charge on any atom is 0.166 e. The van der Waals surface area contributed by atoms with Crippen molar-refractivity contribution in [2.45, 2.75) is 19.9 Å². The van der Waals surface area contributed by atoms with Crippen molar-refractivity contribution in [3.8, 4) is 11.5 Å². The van der Waals surface area contributed by atoms with Crippen LogP contribution in [0.25, 0.3) is 0 Å². The third-order valence-electron chi connectivity index (χ3n) is 3.18. The van der Waals surface area contributed by atoms with Crippen molar-refractivity contribution >= 4 is 6.21 Å². The van der Waals surface area contributed by atoms with Crippen LogP contribution in [0.4, 0.5) is 8.78 Å². The van der Waals surface area contributed by atoms with Gasteiger partial charge in [-0.1, -0.05) is 12.1 Å². The number of hydrogen-bond donors (Lipinski definition) is 1. The number of rotatable bonds is 5. The summed E-state index contributed by atoms with van der Waals surface area (Å²) in [6, 6.07) is 7.94. The zero-order valence-corrected chi connectivity index (χ0v) is 12.4. The van der Waals surface area contributed by atoms with Crippen molar-refractivity contribution in [1.82, 2.24) is 0 Å². The van der Waals surface area contributed by atoms with E-state index in [0.29, 0.717) is 17.9 Å². The lowest BCUT2D eigenvalue weighted by Gasteiger charge is -2.09. The Labute approximate surface area is 127 Å². The number of benzene rings is 2. The third-order valence-corrected chi connectivity index (χ3v) is 3.18. The van der Waals surface area contributed by atoms with Gasteiger partial charge in [0.15, 0.2) is 11.5 Å². The second-order valence-corrected chi connectivity index (χ2v) is 4.75. The lowest BCUT2D eigenvalue weighted by Crippen LogP contribution is -1.97. The number of phenols is 1. The molecular formula is C17H17F2NO2. The van der Waals surface area contributed by atoms with E-state index in [-0.39, 0.29) is 11.3 Å². The predicted molar refractivity (Wildman–Crippen MR) is 81.6 cm³/mol. The summed E-state index contributed by atoms with van der Waals surface area (Å²) in [4.78, 5) is 4.21. The number of hydrogen-bond acceptors (Lipinski definition) is 3. The molecule has 0 unspecified atom stereocenters. The van der Waals surface area contributed by atoms with Gasteiger partial charge in [-0.2, -0.15) is 0 Å². The minimum absolute atomic E-state index is 0.0140. The maximum atomic E-state index is 13.7. The first-order chi connectivity index (χ1) is 10.5. The van der Waals surface area contributed by atoms with Gasteiger partial charge in [-0.25, -0.2) is 8.78 Å². The number of para-hydroxylation sites is 1. The highest BCUT2D eigenvalue weighted by molar-refractivity contribution is 5.85. The first-order valence-electron chi connectivity index (χ1n) is 6.95. The van der Waals surface area contributed by atoms with E-state index >= 15 is 0 Å². The van der Waals surface area contributed by atoms with Crippen molar-refractivity contribution < 1.29 is 18.6 Å². The summed E-state index contributed by atoms with van der Waals surface area (Å²) in [5, 5.41) is 10.1. The Hall–Kier alpha value is -2.43. The normalized spacial score (nSPS) is 12.5. The second-order valence-electron chi connectivity index (χ2n) is 4.75. The van der Waals surface area contributed by atoms with E-state index in [1.54, 1.807) is 25.1 Å². The van der Waals surface area contributed by atoms with Crippen molar-refractivity contribution in [2.24, 2.45) is 4.99 Å². The molecule has 2 aromatic carbocycles. The summed E-state index contributed by atoms with van der Waals surface area (Å²) in [6.07, 6.45) is 1.45. The molecule has 116 valence electrons. The Bertz CT molecular complexity index is 686. The van der Waals surface area contributed by atoms with Crippen molar-refractivity contribution in [2.75, 3.05) is 6.61 Å². The molecule has 2 aromatic rings. The number of nitrogens with zero attached hydrogens (tertiary/aromatic N) is 1. The van der Waals surface area contributed by atoms with Crippen LogP contribution >= 0.6 is 0 Å². The molecule has 1 atom stereocenters. The van der Waals surface area contributed by atoms with Gasteiger partial charge in [0.2, 0.25) is 0 Å². The zero-order chi connectivity index (χ0) is 16.1. The first-order valence-corrected chi connectivity index (χ1v) is 6.95. The molecule has 0 aliphatic carbocycles. The lowest BCUT2D eigenvalue weighted by atomic mass is 10.1. The van der Waals surface area contributed by atoms with Crippen LogP contribution in [0, 0.1) is 11.6 Å². The van der Waals surface area contributed by atoms with E-state index in [9.17, 15) is 13.9 Å². The van der Waals surface area contributed by atoms with Gasteiger partial charge in [0.1, 0.15) is 11.6 Å². The Balaban J connectivity index is 2.22. The minimum Gasteiger partial charge on any atom is -0.504 e. The summed E-state index contributed by atoms with van der Waals surface area (Å²) in [5.41, 5.74) is 0.762. The molecule has 2 rings (SSSR count). The molecular weight excluding hydrogens is 288 g/mol. The fraction of sp³-hybridized carbons (Fsp3) is 0.235. The van der Waals surface area contributed by atoms with Gasteiger partial charge in [-0.15, -0.1) is 0 Å². The first kappa shape index (κ1) is 15.9. The van der Waals surface area contributed by atoms with Crippen LogP contribution in [0.2, 0.25) is 0 Å². The summed E-state index contributed by atoms with van der Waals surface area (Å²) in [6.45, 7) is 3.95. The van der Waals surface area contributed by atoms with E-state index in [2.05, 4.69) is 4.99 Å². The largest absolute Gasteiger partial charge is 0.504 e. The average Bonchev–Trinajstić information content (AvgIpc) is 2.48. The molecule has 0 aliphatic heterocycles. The highest BCUT2D eigenvalue weighted by atomic mass is 19.1. The summed E-state index contributed by atoms with van der Waals surface area (Å²) in [5.74, 6) is -0.914. The van der Waals surface area contributed by atoms with Gasteiger partial charge >= 0.3 is 0 Å². The van der Waals surface area contributed by atoms with E-state index < -0.39 is 17.7 Å². The Morgan fingerprint density at radius 1 is 1.27 bits per heavy atom. The van der Waals surface area contributed by atoms with Gasteiger partial charge in [0.05, 0.1) is 12.6 Å². The van der Waals surface area contributed by atoms with Crippen LogP contribution < -0.4 is 4.74 Å². The molecule has 5 heteroatoms. The van der Waals surface area contributed by atoms with Crippen LogP contribution in [0.1, 0.15) is 31.0 Å². The molecule has 0 aliphatic rings. The standard InChI is InChI=1S/C17H17F2NO2/c1-3-22-16-6-4-5-12(17(16)21)10-20-11(2)14-8-7-13(18)9-15(14)19/h4-11,21H,3H2,1-2H3/t11-/m0/s1. The van der Waals surface area contributed by atoms with E-state index in [1.165, 1.54) is 18.3 Å². The van der Waals surface area contributed by atoms with Crippen LogP contribution in [-0.2, 0) is 0 Å². The highest BCUT2D eigenvalue weighted by Crippen LogP contribution is 2.29. The fourth-order valence-corrected chi connectivity index (χ4v) is 2.03. The van der Waals surface area contributed by atoms with Gasteiger partial charge in [0, 0.05) is 23.4 Å². The second kappa shape index (κ2) is 7.02. The van der Waals surface area contributed by atoms with Crippen molar-refractivity contribution in [3.05, 3.63) is 59.2 Å². The summed E-state index contributed by atoms with van der Waals surface area (Å²) >= 11 is 0. The molecule has 0 aromatic heterocycles. The zero-order valence-electron chi connectivity index (χ0n) is 12.4. The quantitative estimate of drug-likeness (QED) is 0.839. The molecule has 0 spiro atoms. The van der Waals surface area contributed by atoms with Gasteiger partial charge in [-0.05, 0) is 32.0 Å². The van der Waals surface area contributed by atoms with Crippen LogP contribution in [0.3, 0.4) is 0 Å². The van der Waals surface area contributed by atoms with Gasteiger partial charge < -0.3 is 9.84 Å². The molecule has 3 nitrogen and oxygen atoms in total. The van der Waals surface area contributed by atoms with Crippen LogP contribution in [0.15, 0.2) is 41.4 Å². The van der Waals surface area contributed by atoms with Crippen molar-refractivity contribution in [3.63, 3.8) is 0 Å². The highest BCUT2D eigenvalue weighted by Gasteiger charge is 2.11. The van der Waals surface area contributed by atoms with Gasteiger partial charge in [0.25, 0.3) is 0 Å². The number of aromatic hydroxyl groups is 1. The maximum absolute atomic E-state index is 13.7. The van der Waals surface area contributed by atoms with E-state index in [4.69, 9.17) is 4.74 Å².